The Morgan fingerprint density at radius 1 is 1.19 bits per heavy atom. The van der Waals surface area contributed by atoms with Crippen LogP contribution >= 0.6 is 0 Å². The number of halogens is 3. The molecule has 0 saturated carbocycles. The zero-order valence-electron chi connectivity index (χ0n) is 21.4. The maximum atomic E-state index is 13.2. The standard InChI is InChI=1S/C27H30F3N3O4/c1-25(2,36)15-33-14-16-6-8-19(12-21(16)32(5)24(33)35)31-23(34)10-17-13-26(3,4)37-22-11-18(27(28,29)30)7-9-20(17)22/h6-12,36H,13-15H2,1-5H3,(H,31,34). The average Bonchev–Trinajstić information content (AvgIpc) is 2.75. The van der Waals surface area contributed by atoms with Crippen LogP contribution in [0.25, 0.3) is 5.57 Å². The van der Waals surface area contributed by atoms with Crippen molar-refractivity contribution >= 4 is 28.9 Å². The summed E-state index contributed by atoms with van der Waals surface area (Å²) >= 11 is 0. The maximum Gasteiger partial charge on any atom is 0.416 e. The van der Waals surface area contributed by atoms with Crippen LogP contribution in [0.2, 0.25) is 0 Å². The molecule has 2 aliphatic heterocycles. The van der Waals surface area contributed by atoms with Crippen LogP contribution in [0.3, 0.4) is 0 Å². The summed E-state index contributed by atoms with van der Waals surface area (Å²) in [6.45, 7) is 7.27. The Hall–Kier alpha value is -3.53. The van der Waals surface area contributed by atoms with E-state index in [1.54, 1.807) is 51.8 Å². The number of carbonyl (C=O) groups excluding carboxylic acids is 2. The number of hydrogen-bond acceptors (Lipinski definition) is 4. The summed E-state index contributed by atoms with van der Waals surface area (Å²) in [5.41, 5.74) is 0.309. The molecule has 37 heavy (non-hydrogen) atoms. The molecule has 0 unspecified atom stereocenters. The molecule has 4 rings (SSSR count). The van der Waals surface area contributed by atoms with E-state index in [9.17, 15) is 27.9 Å². The van der Waals surface area contributed by atoms with Crippen molar-refractivity contribution < 1.29 is 32.6 Å². The van der Waals surface area contributed by atoms with Gasteiger partial charge in [-0.3, -0.25) is 9.69 Å². The first-order chi connectivity index (χ1) is 17.0. The van der Waals surface area contributed by atoms with Crippen LogP contribution in [0.4, 0.5) is 29.3 Å². The summed E-state index contributed by atoms with van der Waals surface area (Å²) in [5, 5.41) is 12.9. The largest absolute Gasteiger partial charge is 0.487 e. The van der Waals surface area contributed by atoms with Gasteiger partial charge in [-0.25, -0.2) is 4.79 Å². The van der Waals surface area contributed by atoms with Gasteiger partial charge in [-0.1, -0.05) is 12.1 Å². The first kappa shape index (κ1) is 26.5. The number of alkyl halides is 3. The fourth-order valence-corrected chi connectivity index (χ4v) is 4.67. The molecular weight excluding hydrogens is 487 g/mol. The highest BCUT2D eigenvalue weighted by Crippen LogP contribution is 2.43. The molecule has 0 aromatic heterocycles. The fraction of sp³-hybridized carbons (Fsp3) is 0.407. The summed E-state index contributed by atoms with van der Waals surface area (Å²) < 4.78 is 45.4. The second-order valence-corrected chi connectivity index (χ2v) is 10.8. The van der Waals surface area contributed by atoms with Crippen molar-refractivity contribution in [2.24, 2.45) is 0 Å². The van der Waals surface area contributed by atoms with Crippen LogP contribution in [-0.4, -0.2) is 46.7 Å². The molecule has 0 bridgehead atoms. The lowest BCUT2D eigenvalue weighted by molar-refractivity contribution is -0.137. The van der Waals surface area contributed by atoms with Gasteiger partial charge < -0.3 is 20.1 Å². The van der Waals surface area contributed by atoms with Crippen LogP contribution in [-0.2, 0) is 17.5 Å². The van der Waals surface area contributed by atoms with Crippen LogP contribution < -0.4 is 15.0 Å². The van der Waals surface area contributed by atoms with Crippen molar-refractivity contribution in [2.75, 3.05) is 23.8 Å². The summed E-state index contributed by atoms with van der Waals surface area (Å²) in [6.07, 6.45) is -2.81. The minimum Gasteiger partial charge on any atom is -0.487 e. The van der Waals surface area contributed by atoms with Gasteiger partial charge in [-0.2, -0.15) is 13.2 Å². The number of anilines is 2. The number of ether oxygens (including phenoxy) is 1. The van der Waals surface area contributed by atoms with Gasteiger partial charge in [-0.05, 0) is 63.1 Å². The van der Waals surface area contributed by atoms with Gasteiger partial charge in [0.25, 0.3) is 0 Å². The summed E-state index contributed by atoms with van der Waals surface area (Å²) in [7, 11) is 1.63. The molecule has 0 radical (unpaired) electrons. The topological polar surface area (TPSA) is 82.1 Å². The van der Waals surface area contributed by atoms with Crippen LogP contribution in [0, 0.1) is 0 Å². The first-order valence-corrected chi connectivity index (χ1v) is 11.8. The van der Waals surface area contributed by atoms with Crippen molar-refractivity contribution in [2.45, 2.75) is 58.0 Å². The van der Waals surface area contributed by atoms with E-state index < -0.39 is 28.8 Å². The molecule has 2 aliphatic rings. The summed E-state index contributed by atoms with van der Waals surface area (Å²) in [4.78, 5) is 28.7. The van der Waals surface area contributed by atoms with Crippen LogP contribution in [0.15, 0.2) is 42.5 Å². The van der Waals surface area contributed by atoms with E-state index in [1.165, 1.54) is 17.0 Å². The van der Waals surface area contributed by atoms with Crippen molar-refractivity contribution in [3.05, 3.63) is 59.2 Å². The number of aliphatic hydroxyl groups is 1. The number of nitrogens with one attached hydrogen (secondary N) is 1. The molecule has 2 aromatic carbocycles. The predicted molar refractivity (Wildman–Crippen MR) is 134 cm³/mol. The molecule has 198 valence electrons. The molecule has 0 aliphatic carbocycles. The minimum atomic E-state index is -4.51. The number of fused-ring (bicyclic) bond motifs is 2. The summed E-state index contributed by atoms with van der Waals surface area (Å²) in [5.74, 6) is -0.374. The average molecular weight is 518 g/mol. The van der Waals surface area contributed by atoms with Crippen molar-refractivity contribution in [1.82, 2.24) is 4.90 Å². The number of hydrogen-bond donors (Lipinski definition) is 2. The Kier molecular flexibility index (Phi) is 6.52. The third kappa shape index (κ3) is 5.90. The van der Waals surface area contributed by atoms with Crippen LogP contribution in [0.1, 0.15) is 50.8 Å². The second kappa shape index (κ2) is 9.09. The fourth-order valence-electron chi connectivity index (χ4n) is 4.67. The van der Waals surface area contributed by atoms with E-state index in [0.717, 1.165) is 17.7 Å². The van der Waals surface area contributed by atoms with Crippen molar-refractivity contribution in [3.8, 4) is 5.75 Å². The first-order valence-electron chi connectivity index (χ1n) is 11.8. The molecule has 7 nitrogen and oxygen atoms in total. The molecule has 0 spiro atoms. The van der Waals surface area contributed by atoms with Crippen LogP contribution in [0.5, 0.6) is 5.75 Å². The molecule has 10 heteroatoms. The number of β-amino-alcohol motifs (C(OH)–C–C–N with tert-alkyl or cyclic N) is 1. The highest BCUT2D eigenvalue weighted by atomic mass is 19.4. The molecule has 3 amide bonds. The third-order valence-corrected chi connectivity index (χ3v) is 6.17. The Morgan fingerprint density at radius 2 is 1.89 bits per heavy atom. The molecule has 2 aromatic rings. The Bertz CT molecular complexity index is 1280. The minimum absolute atomic E-state index is 0.0784. The highest BCUT2D eigenvalue weighted by molar-refractivity contribution is 6.05. The van der Waals surface area contributed by atoms with Gasteiger partial charge in [0, 0.05) is 37.3 Å². The highest BCUT2D eigenvalue weighted by Gasteiger charge is 2.36. The predicted octanol–water partition coefficient (Wildman–Crippen LogP) is 5.43. The van der Waals surface area contributed by atoms with E-state index in [4.69, 9.17) is 4.74 Å². The molecule has 2 N–H and O–H groups in total. The zero-order valence-corrected chi connectivity index (χ0v) is 21.4. The van der Waals surface area contributed by atoms with E-state index in [1.807, 2.05) is 6.07 Å². The van der Waals surface area contributed by atoms with Crippen molar-refractivity contribution in [3.63, 3.8) is 0 Å². The number of benzene rings is 2. The zero-order chi connectivity index (χ0) is 27.3. The lowest BCUT2D eigenvalue weighted by atomic mass is 9.88. The van der Waals surface area contributed by atoms with E-state index in [0.29, 0.717) is 35.5 Å². The second-order valence-electron chi connectivity index (χ2n) is 10.8. The quantitative estimate of drug-likeness (QED) is 0.530. The van der Waals surface area contributed by atoms with Gasteiger partial charge in [0.2, 0.25) is 5.91 Å². The Labute approximate surface area is 213 Å². The number of rotatable bonds is 4. The summed E-state index contributed by atoms with van der Waals surface area (Å²) in [6, 6.07) is 8.22. The number of amides is 3. The third-order valence-electron chi connectivity index (χ3n) is 6.17. The van der Waals surface area contributed by atoms with Gasteiger partial charge in [0.05, 0.1) is 23.4 Å². The molecule has 0 atom stereocenters. The van der Waals surface area contributed by atoms with E-state index in [-0.39, 0.29) is 18.3 Å². The van der Waals surface area contributed by atoms with Gasteiger partial charge in [-0.15, -0.1) is 0 Å². The van der Waals surface area contributed by atoms with Crippen molar-refractivity contribution in [1.29, 1.82) is 0 Å². The number of urea groups is 1. The molecule has 0 fully saturated rings. The number of carbonyl (C=O) groups is 2. The molecular formula is C27H30F3N3O4. The smallest absolute Gasteiger partial charge is 0.416 e. The number of nitrogens with zero attached hydrogens (tertiary/aromatic N) is 2. The maximum absolute atomic E-state index is 13.2. The Balaban J connectivity index is 1.57. The normalized spacial score (nSPS) is 18.3. The molecule has 0 saturated heterocycles. The van der Waals surface area contributed by atoms with E-state index in [2.05, 4.69) is 5.32 Å². The monoisotopic (exact) mass is 517 g/mol. The lowest BCUT2D eigenvalue weighted by Crippen LogP contribution is -2.50. The van der Waals surface area contributed by atoms with E-state index >= 15 is 0 Å². The molecule has 2 heterocycles. The SMILES string of the molecule is CN1C(=O)N(CC(C)(C)O)Cc2ccc(NC(=O)C=C3CC(C)(C)Oc4cc(C(F)(F)F)ccc43)cc21. The lowest BCUT2D eigenvalue weighted by Gasteiger charge is -2.37. The van der Waals surface area contributed by atoms with Gasteiger partial charge >= 0.3 is 12.2 Å². The Morgan fingerprint density at radius 3 is 2.54 bits per heavy atom. The van der Waals surface area contributed by atoms with Gasteiger partial charge in [0.1, 0.15) is 11.4 Å². The van der Waals surface area contributed by atoms with Gasteiger partial charge in [0.15, 0.2) is 0 Å².